The predicted octanol–water partition coefficient (Wildman–Crippen LogP) is 2.48. The van der Waals surface area contributed by atoms with E-state index in [1.54, 1.807) is 12.1 Å². The van der Waals surface area contributed by atoms with Gasteiger partial charge in [0.05, 0.1) is 17.7 Å². The summed E-state index contributed by atoms with van der Waals surface area (Å²) >= 11 is 0. The van der Waals surface area contributed by atoms with Gasteiger partial charge in [-0.2, -0.15) is 5.26 Å². The van der Waals surface area contributed by atoms with E-state index in [4.69, 9.17) is 5.26 Å². The number of nitriles is 1. The highest BCUT2D eigenvalue weighted by Crippen LogP contribution is 2.19. The first-order valence-electron chi connectivity index (χ1n) is 6.80. The van der Waals surface area contributed by atoms with Gasteiger partial charge in [0.1, 0.15) is 5.82 Å². The van der Waals surface area contributed by atoms with Crippen molar-refractivity contribution in [2.45, 2.75) is 50.8 Å². The Morgan fingerprint density at radius 1 is 1.32 bits per heavy atom. The maximum atomic E-state index is 13.7. The zero-order valence-corrected chi connectivity index (χ0v) is 10.9. The number of halogens is 1. The molecule has 3 nitrogen and oxygen atoms in total. The second-order valence-corrected chi connectivity index (χ2v) is 5.11. The van der Waals surface area contributed by atoms with Crippen LogP contribution in [0.2, 0.25) is 0 Å². The third kappa shape index (κ3) is 3.76. The Morgan fingerprint density at radius 2 is 2.11 bits per heavy atom. The summed E-state index contributed by atoms with van der Waals surface area (Å²) in [6, 6.07) is 6.45. The third-order valence-electron chi connectivity index (χ3n) is 3.72. The lowest BCUT2D eigenvalue weighted by Crippen LogP contribution is -2.38. The normalized spacial score (nSPS) is 23.6. The maximum Gasteiger partial charge on any atom is 0.129 e. The fourth-order valence-corrected chi connectivity index (χ4v) is 2.53. The minimum absolute atomic E-state index is 0.0394. The number of hydrogen-bond donors (Lipinski definition) is 2. The van der Waals surface area contributed by atoms with E-state index in [1.807, 2.05) is 6.07 Å². The van der Waals surface area contributed by atoms with Crippen LogP contribution in [0.5, 0.6) is 0 Å². The number of hydrogen-bond acceptors (Lipinski definition) is 3. The van der Waals surface area contributed by atoms with Gasteiger partial charge in [-0.1, -0.05) is 25.3 Å². The number of benzene rings is 1. The van der Waals surface area contributed by atoms with Crippen molar-refractivity contribution in [1.29, 1.82) is 5.26 Å². The fourth-order valence-electron chi connectivity index (χ4n) is 2.53. The van der Waals surface area contributed by atoms with E-state index in [-0.39, 0.29) is 18.0 Å². The Labute approximate surface area is 113 Å². The zero-order chi connectivity index (χ0) is 13.7. The Hall–Kier alpha value is -1.44. The molecule has 19 heavy (non-hydrogen) atoms. The average molecular weight is 262 g/mol. The Morgan fingerprint density at radius 3 is 2.84 bits per heavy atom. The average Bonchev–Trinajstić information content (AvgIpc) is 2.62. The third-order valence-corrected chi connectivity index (χ3v) is 3.72. The van der Waals surface area contributed by atoms with E-state index in [0.29, 0.717) is 17.7 Å². The molecule has 0 bridgehead atoms. The van der Waals surface area contributed by atoms with Gasteiger partial charge in [0.2, 0.25) is 0 Å². The smallest absolute Gasteiger partial charge is 0.129 e. The topological polar surface area (TPSA) is 56.0 Å². The minimum Gasteiger partial charge on any atom is -0.392 e. The van der Waals surface area contributed by atoms with Crippen molar-refractivity contribution in [2.24, 2.45) is 0 Å². The number of aliphatic hydroxyl groups excluding tert-OH is 1. The van der Waals surface area contributed by atoms with Gasteiger partial charge in [0.15, 0.2) is 0 Å². The molecule has 2 atom stereocenters. The number of aliphatic hydroxyl groups is 1. The molecular formula is C15H19FN2O. The molecule has 2 rings (SSSR count). The van der Waals surface area contributed by atoms with E-state index in [0.717, 1.165) is 32.1 Å². The molecule has 2 N–H and O–H groups in total. The summed E-state index contributed by atoms with van der Waals surface area (Å²) in [5, 5.41) is 21.9. The highest BCUT2D eigenvalue weighted by atomic mass is 19.1. The van der Waals surface area contributed by atoms with E-state index in [9.17, 15) is 9.50 Å². The summed E-state index contributed by atoms with van der Waals surface area (Å²) < 4.78 is 13.7. The van der Waals surface area contributed by atoms with Crippen molar-refractivity contribution in [2.75, 3.05) is 0 Å². The number of nitrogens with zero attached hydrogens (tertiary/aromatic N) is 1. The van der Waals surface area contributed by atoms with E-state index in [1.165, 1.54) is 6.07 Å². The summed E-state index contributed by atoms with van der Waals surface area (Å²) in [7, 11) is 0. The van der Waals surface area contributed by atoms with Crippen LogP contribution in [0.1, 0.15) is 43.2 Å². The summed E-state index contributed by atoms with van der Waals surface area (Å²) in [5.74, 6) is -0.366. The van der Waals surface area contributed by atoms with Gasteiger partial charge in [0, 0.05) is 18.2 Å². The summed E-state index contributed by atoms with van der Waals surface area (Å²) in [4.78, 5) is 0. The highest BCUT2D eigenvalue weighted by Gasteiger charge is 2.21. The van der Waals surface area contributed by atoms with Gasteiger partial charge < -0.3 is 10.4 Å². The lowest BCUT2D eigenvalue weighted by molar-refractivity contribution is 0.119. The molecule has 1 aliphatic rings. The van der Waals surface area contributed by atoms with Crippen LogP contribution in [-0.4, -0.2) is 17.3 Å². The molecule has 1 saturated carbocycles. The van der Waals surface area contributed by atoms with Crippen molar-refractivity contribution in [3.63, 3.8) is 0 Å². The summed E-state index contributed by atoms with van der Waals surface area (Å²) in [5.41, 5.74) is 0.867. The molecule has 0 spiro atoms. The van der Waals surface area contributed by atoms with Crippen LogP contribution in [0.15, 0.2) is 18.2 Å². The van der Waals surface area contributed by atoms with Crippen LogP contribution in [0.4, 0.5) is 4.39 Å². The predicted molar refractivity (Wildman–Crippen MR) is 70.8 cm³/mol. The first-order chi connectivity index (χ1) is 9.20. The van der Waals surface area contributed by atoms with Gasteiger partial charge in [-0.05, 0) is 25.0 Å². The van der Waals surface area contributed by atoms with Crippen LogP contribution < -0.4 is 5.32 Å². The molecule has 0 saturated heterocycles. The quantitative estimate of drug-likeness (QED) is 0.823. The first-order valence-corrected chi connectivity index (χ1v) is 6.80. The summed E-state index contributed by atoms with van der Waals surface area (Å²) in [6.07, 6.45) is 4.71. The molecule has 0 heterocycles. The molecule has 0 aliphatic heterocycles. The molecule has 0 amide bonds. The highest BCUT2D eigenvalue weighted by molar-refractivity contribution is 5.32. The second-order valence-electron chi connectivity index (χ2n) is 5.11. The fraction of sp³-hybridized carbons (Fsp3) is 0.533. The van der Waals surface area contributed by atoms with Crippen LogP contribution in [0.25, 0.3) is 0 Å². The molecule has 1 aromatic carbocycles. The van der Waals surface area contributed by atoms with E-state index in [2.05, 4.69) is 5.32 Å². The van der Waals surface area contributed by atoms with Crippen molar-refractivity contribution in [1.82, 2.24) is 5.32 Å². The van der Waals surface area contributed by atoms with E-state index < -0.39 is 0 Å². The van der Waals surface area contributed by atoms with Gasteiger partial charge in [-0.15, -0.1) is 0 Å². The number of nitrogens with one attached hydrogen (secondary N) is 1. The van der Waals surface area contributed by atoms with Gasteiger partial charge in [-0.25, -0.2) is 4.39 Å². The molecule has 0 radical (unpaired) electrons. The Bertz CT molecular complexity index is 470. The van der Waals surface area contributed by atoms with Crippen molar-refractivity contribution in [3.05, 3.63) is 35.1 Å². The second kappa shape index (κ2) is 6.65. The first kappa shape index (κ1) is 14.0. The molecule has 0 aromatic heterocycles. The zero-order valence-electron chi connectivity index (χ0n) is 10.9. The SMILES string of the molecule is N#Cc1ccc(CNC2CCCCCC2O)c(F)c1. The minimum atomic E-state index is -0.366. The van der Waals surface area contributed by atoms with Crippen LogP contribution in [0.3, 0.4) is 0 Å². The Kier molecular flexibility index (Phi) is 4.89. The molecule has 4 heteroatoms. The van der Waals surface area contributed by atoms with Crippen molar-refractivity contribution in [3.8, 4) is 6.07 Å². The largest absolute Gasteiger partial charge is 0.392 e. The molecule has 1 fully saturated rings. The Balaban J connectivity index is 1.96. The van der Waals surface area contributed by atoms with E-state index >= 15 is 0 Å². The molecular weight excluding hydrogens is 243 g/mol. The monoisotopic (exact) mass is 262 g/mol. The number of rotatable bonds is 3. The van der Waals surface area contributed by atoms with Crippen LogP contribution >= 0.6 is 0 Å². The molecule has 2 unspecified atom stereocenters. The van der Waals surface area contributed by atoms with Crippen molar-refractivity contribution >= 4 is 0 Å². The summed E-state index contributed by atoms with van der Waals surface area (Å²) in [6.45, 7) is 0.388. The molecule has 1 aromatic rings. The maximum absolute atomic E-state index is 13.7. The molecule has 102 valence electrons. The van der Waals surface area contributed by atoms with Crippen LogP contribution in [0, 0.1) is 17.1 Å². The van der Waals surface area contributed by atoms with Crippen molar-refractivity contribution < 1.29 is 9.50 Å². The van der Waals surface area contributed by atoms with Gasteiger partial charge >= 0.3 is 0 Å². The molecule has 1 aliphatic carbocycles. The standard InChI is InChI=1S/C15H19FN2O/c16-13-8-11(9-17)6-7-12(13)10-18-14-4-2-1-3-5-15(14)19/h6-8,14-15,18-19H,1-5,10H2. The lowest BCUT2D eigenvalue weighted by Gasteiger charge is -2.22. The van der Waals surface area contributed by atoms with Gasteiger partial charge in [0.25, 0.3) is 0 Å². The van der Waals surface area contributed by atoms with Crippen LogP contribution in [-0.2, 0) is 6.54 Å². The van der Waals surface area contributed by atoms with Gasteiger partial charge in [-0.3, -0.25) is 0 Å². The lowest BCUT2D eigenvalue weighted by atomic mass is 10.1.